The van der Waals surface area contributed by atoms with Crippen LogP contribution in [0.15, 0.2) is 47.4 Å². The molecular weight excluding hydrogens is 302 g/mol. The summed E-state index contributed by atoms with van der Waals surface area (Å²) in [4.78, 5) is 0.147. The van der Waals surface area contributed by atoms with Crippen LogP contribution in [-0.4, -0.2) is 29.7 Å². The lowest BCUT2D eigenvalue weighted by atomic mass is 10.2. The monoisotopic (exact) mass is 321 g/mol. The lowest BCUT2D eigenvalue weighted by Gasteiger charge is -2.20. The van der Waals surface area contributed by atoms with Gasteiger partial charge in [-0.15, -0.1) is 0 Å². The van der Waals surface area contributed by atoms with E-state index < -0.39 is 10.0 Å². The van der Waals surface area contributed by atoms with Crippen molar-refractivity contribution in [1.29, 1.82) is 0 Å². The van der Waals surface area contributed by atoms with Crippen molar-refractivity contribution < 1.29 is 17.9 Å². The van der Waals surface area contributed by atoms with E-state index in [1.807, 2.05) is 19.1 Å². The van der Waals surface area contributed by atoms with Crippen molar-refractivity contribution >= 4 is 15.7 Å². The minimum Gasteiger partial charge on any atom is -0.493 e. The Morgan fingerprint density at radius 1 is 0.909 bits per heavy atom. The molecule has 5 nitrogen and oxygen atoms in total. The van der Waals surface area contributed by atoms with Crippen LogP contribution in [0.1, 0.15) is 5.56 Å². The van der Waals surface area contributed by atoms with Crippen LogP contribution in [0, 0.1) is 6.92 Å². The van der Waals surface area contributed by atoms with E-state index in [0.29, 0.717) is 17.2 Å². The first-order valence-corrected chi connectivity index (χ1v) is 8.12. The molecule has 0 saturated carbocycles. The number of ether oxygens (including phenoxy) is 2. The maximum atomic E-state index is 12.7. The van der Waals surface area contributed by atoms with Crippen molar-refractivity contribution in [2.24, 2.45) is 0 Å². The van der Waals surface area contributed by atoms with Crippen LogP contribution in [0.25, 0.3) is 0 Å². The van der Waals surface area contributed by atoms with Crippen molar-refractivity contribution in [3.63, 3.8) is 0 Å². The highest BCUT2D eigenvalue weighted by atomic mass is 32.2. The highest BCUT2D eigenvalue weighted by molar-refractivity contribution is 7.92. The van der Waals surface area contributed by atoms with E-state index in [0.717, 1.165) is 5.56 Å². The average Bonchev–Trinajstić information content (AvgIpc) is 2.54. The van der Waals surface area contributed by atoms with Crippen LogP contribution >= 0.6 is 0 Å². The Bertz CT molecular complexity index is 754. The summed E-state index contributed by atoms with van der Waals surface area (Å²) in [7, 11) is 0.834. The summed E-state index contributed by atoms with van der Waals surface area (Å²) in [6, 6.07) is 11.8. The molecule has 0 aromatic heterocycles. The molecule has 0 bridgehead atoms. The fourth-order valence-corrected chi connectivity index (χ4v) is 3.24. The molecule has 6 heteroatoms. The Morgan fingerprint density at radius 3 is 2.05 bits per heavy atom. The van der Waals surface area contributed by atoms with Gasteiger partial charge in [0.05, 0.1) is 24.8 Å². The predicted octanol–water partition coefficient (Wildman–Crippen LogP) is 2.84. The van der Waals surface area contributed by atoms with Crippen LogP contribution in [0.5, 0.6) is 11.5 Å². The van der Waals surface area contributed by atoms with Crippen molar-refractivity contribution in [2.45, 2.75) is 11.8 Å². The normalized spacial score (nSPS) is 11.1. The third-order valence-electron chi connectivity index (χ3n) is 3.41. The zero-order valence-electron chi connectivity index (χ0n) is 13.0. The smallest absolute Gasteiger partial charge is 0.264 e. The van der Waals surface area contributed by atoms with Crippen LogP contribution in [0.3, 0.4) is 0 Å². The summed E-state index contributed by atoms with van der Waals surface area (Å²) in [6.07, 6.45) is 0. The molecule has 0 aliphatic rings. The quantitative estimate of drug-likeness (QED) is 0.850. The molecule has 0 unspecified atom stereocenters. The van der Waals surface area contributed by atoms with Crippen molar-refractivity contribution in [1.82, 2.24) is 0 Å². The Labute approximate surface area is 131 Å². The molecule has 0 heterocycles. The van der Waals surface area contributed by atoms with E-state index in [1.54, 1.807) is 18.2 Å². The van der Waals surface area contributed by atoms with E-state index in [2.05, 4.69) is 0 Å². The van der Waals surface area contributed by atoms with Gasteiger partial charge < -0.3 is 9.47 Å². The molecular formula is C16H19NO4S. The van der Waals surface area contributed by atoms with Crippen molar-refractivity contribution in [2.75, 3.05) is 25.6 Å². The summed E-state index contributed by atoms with van der Waals surface area (Å²) >= 11 is 0. The van der Waals surface area contributed by atoms with Crippen molar-refractivity contribution in [3.05, 3.63) is 48.0 Å². The topological polar surface area (TPSA) is 55.8 Å². The molecule has 22 heavy (non-hydrogen) atoms. The molecule has 0 aliphatic carbocycles. The summed E-state index contributed by atoms with van der Waals surface area (Å²) in [5.41, 5.74) is 1.67. The molecule has 0 saturated heterocycles. The van der Waals surface area contributed by atoms with Gasteiger partial charge in [0.25, 0.3) is 10.0 Å². The van der Waals surface area contributed by atoms with Gasteiger partial charge >= 0.3 is 0 Å². The summed E-state index contributed by atoms with van der Waals surface area (Å²) in [6.45, 7) is 1.95. The molecule has 0 atom stereocenters. The Hall–Kier alpha value is -2.21. The summed E-state index contributed by atoms with van der Waals surface area (Å²) < 4.78 is 37.0. The molecule has 0 fully saturated rings. The van der Waals surface area contributed by atoms with Gasteiger partial charge in [0, 0.05) is 13.1 Å². The lowest BCUT2D eigenvalue weighted by molar-refractivity contribution is 0.354. The van der Waals surface area contributed by atoms with Gasteiger partial charge in [0.15, 0.2) is 11.5 Å². The maximum Gasteiger partial charge on any atom is 0.264 e. The Balaban J connectivity index is 2.43. The van der Waals surface area contributed by atoms with Gasteiger partial charge in [0.2, 0.25) is 0 Å². The number of hydrogen-bond donors (Lipinski definition) is 0. The molecule has 0 radical (unpaired) electrons. The summed E-state index contributed by atoms with van der Waals surface area (Å²) in [5, 5.41) is 0. The Morgan fingerprint density at radius 2 is 1.50 bits per heavy atom. The number of hydrogen-bond acceptors (Lipinski definition) is 4. The molecule has 2 aromatic carbocycles. The zero-order valence-corrected chi connectivity index (χ0v) is 13.8. The zero-order chi connectivity index (χ0) is 16.3. The second kappa shape index (κ2) is 6.27. The van der Waals surface area contributed by atoms with Gasteiger partial charge in [-0.25, -0.2) is 8.42 Å². The molecule has 2 aromatic rings. The highest BCUT2D eigenvalue weighted by Crippen LogP contribution is 2.31. The van der Waals surface area contributed by atoms with Gasteiger partial charge in [-0.1, -0.05) is 17.7 Å². The number of benzene rings is 2. The fraction of sp³-hybridized carbons (Fsp3) is 0.250. The molecule has 0 spiro atoms. The van der Waals surface area contributed by atoms with Crippen LogP contribution < -0.4 is 13.8 Å². The molecule has 0 aliphatic heterocycles. The van der Waals surface area contributed by atoms with Crippen molar-refractivity contribution in [3.8, 4) is 11.5 Å². The largest absolute Gasteiger partial charge is 0.493 e. The Kier molecular flexibility index (Phi) is 4.61. The number of rotatable bonds is 5. The van der Waals surface area contributed by atoms with Gasteiger partial charge in [-0.3, -0.25) is 4.31 Å². The second-order valence-electron chi connectivity index (χ2n) is 4.82. The van der Waals surface area contributed by atoms with E-state index in [9.17, 15) is 8.42 Å². The number of anilines is 1. The lowest BCUT2D eigenvalue weighted by Crippen LogP contribution is -2.26. The van der Waals surface area contributed by atoms with Gasteiger partial charge in [-0.2, -0.15) is 0 Å². The first-order valence-electron chi connectivity index (χ1n) is 6.67. The molecule has 2 rings (SSSR count). The summed E-state index contributed by atoms with van der Waals surface area (Å²) in [5.74, 6) is 0.861. The van der Waals surface area contributed by atoms with Gasteiger partial charge in [-0.05, 0) is 31.2 Å². The standard InChI is InChI=1S/C16H19NO4S/c1-12-5-7-13(8-6-12)17(2)22(18,19)14-9-10-15(20-3)16(11-14)21-4/h5-11H,1-4H3. The van der Waals surface area contributed by atoms with E-state index in [1.165, 1.54) is 37.7 Å². The molecule has 0 N–H and O–H groups in total. The van der Waals surface area contributed by atoms with Crippen LogP contribution in [-0.2, 0) is 10.0 Å². The number of aryl methyl sites for hydroxylation is 1. The highest BCUT2D eigenvalue weighted by Gasteiger charge is 2.22. The minimum atomic E-state index is -3.66. The SMILES string of the molecule is COc1ccc(S(=O)(=O)N(C)c2ccc(C)cc2)cc1OC. The second-order valence-corrected chi connectivity index (χ2v) is 6.79. The number of sulfonamides is 1. The van der Waals surface area contributed by atoms with Crippen LogP contribution in [0.4, 0.5) is 5.69 Å². The molecule has 118 valence electrons. The van der Waals surface area contributed by atoms with Crippen LogP contribution in [0.2, 0.25) is 0 Å². The van der Waals surface area contributed by atoms with E-state index in [-0.39, 0.29) is 4.90 Å². The minimum absolute atomic E-state index is 0.147. The first kappa shape index (κ1) is 16.2. The third-order valence-corrected chi connectivity index (χ3v) is 5.19. The predicted molar refractivity (Wildman–Crippen MR) is 86.3 cm³/mol. The first-order chi connectivity index (χ1) is 10.4. The van der Waals surface area contributed by atoms with E-state index >= 15 is 0 Å². The van der Waals surface area contributed by atoms with Gasteiger partial charge in [0.1, 0.15) is 0 Å². The average molecular weight is 321 g/mol. The fourth-order valence-electron chi connectivity index (χ4n) is 2.03. The number of nitrogens with zero attached hydrogens (tertiary/aromatic N) is 1. The maximum absolute atomic E-state index is 12.7. The number of methoxy groups -OCH3 is 2. The van der Waals surface area contributed by atoms with E-state index in [4.69, 9.17) is 9.47 Å². The molecule has 0 amide bonds. The third kappa shape index (κ3) is 3.01.